The van der Waals surface area contributed by atoms with Gasteiger partial charge in [-0.3, -0.25) is 0 Å². The van der Waals surface area contributed by atoms with E-state index in [9.17, 15) is 13.2 Å². The largest absolute Gasteiger partial charge is 0.433 e. The predicted octanol–water partition coefficient (Wildman–Crippen LogP) is 4.47. The standard InChI is InChI=1S/C13H10BrF3N2S/c14-9-3-1-2-4-10(9)20-12-8(7-18)5-6-11(19-12)13(15,16)17/h1-6H,7,18H2. The molecule has 0 saturated heterocycles. The maximum atomic E-state index is 12.7. The van der Waals surface area contributed by atoms with Gasteiger partial charge in [0.25, 0.3) is 0 Å². The van der Waals surface area contributed by atoms with Gasteiger partial charge in [0.15, 0.2) is 0 Å². The molecule has 2 aromatic rings. The zero-order valence-corrected chi connectivity index (χ0v) is 12.5. The van der Waals surface area contributed by atoms with Crippen LogP contribution in [0.5, 0.6) is 0 Å². The summed E-state index contributed by atoms with van der Waals surface area (Å²) in [7, 11) is 0. The second-order valence-electron chi connectivity index (χ2n) is 3.90. The lowest BCUT2D eigenvalue weighted by atomic mass is 10.2. The molecule has 0 atom stereocenters. The average molecular weight is 363 g/mol. The van der Waals surface area contributed by atoms with E-state index >= 15 is 0 Å². The van der Waals surface area contributed by atoms with Gasteiger partial charge in [-0.15, -0.1) is 0 Å². The van der Waals surface area contributed by atoms with Crippen molar-refractivity contribution < 1.29 is 13.2 Å². The lowest BCUT2D eigenvalue weighted by molar-refractivity contribution is -0.141. The monoisotopic (exact) mass is 362 g/mol. The molecular weight excluding hydrogens is 353 g/mol. The summed E-state index contributed by atoms with van der Waals surface area (Å²) in [5.41, 5.74) is 5.22. The van der Waals surface area contributed by atoms with Gasteiger partial charge in [-0.25, -0.2) is 4.98 Å². The van der Waals surface area contributed by atoms with Gasteiger partial charge in [0.1, 0.15) is 10.7 Å². The Morgan fingerprint density at radius 3 is 2.45 bits per heavy atom. The Morgan fingerprint density at radius 1 is 1.15 bits per heavy atom. The molecule has 0 amide bonds. The normalized spacial score (nSPS) is 11.7. The zero-order chi connectivity index (χ0) is 14.8. The van der Waals surface area contributed by atoms with E-state index in [1.807, 2.05) is 18.2 Å². The van der Waals surface area contributed by atoms with Crippen LogP contribution in [0.2, 0.25) is 0 Å². The molecule has 0 bridgehead atoms. The van der Waals surface area contributed by atoms with Gasteiger partial charge in [0.05, 0.1) is 0 Å². The van der Waals surface area contributed by atoms with Crippen molar-refractivity contribution in [2.75, 3.05) is 0 Å². The highest BCUT2D eigenvalue weighted by Gasteiger charge is 2.33. The van der Waals surface area contributed by atoms with Gasteiger partial charge in [0, 0.05) is 15.9 Å². The summed E-state index contributed by atoms with van der Waals surface area (Å²) in [5, 5.41) is 0.272. The van der Waals surface area contributed by atoms with Crippen LogP contribution in [0.1, 0.15) is 11.3 Å². The molecular formula is C13H10BrF3N2S. The molecule has 7 heteroatoms. The van der Waals surface area contributed by atoms with Crippen LogP contribution < -0.4 is 5.73 Å². The van der Waals surface area contributed by atoms with Crippen LogP contribution in [0.25, 0.3) is 0 Å². The summed E-state index contributed by atoms with van der Waals surface area (Å²) in [5.74, 6) is 0. The van der Waals surface area contributed by atoms with E-state index in [2.05, 4.69) is 20.9 Å². The summed E-state index contributed by atoms with van der Waals surface area (Å²) in [6, 6.07) is 9.58. The minimum absolute atomic E-state index is 0.137. The molecule has 0 spiro atoms. The van der Waals surface area contributed by atoms with Crippen LogP contribution in [-0.4, -0.2) is 4.98 Å². The molecule has 0 radical (unpaired) electrons. The third kappa shape index (κ3) is 3.53. The van der Waals surface area contributed by atoms with Crippen LogP contribution in [-0.2, 0) is 12.7 Å². The molecule has 20 heavy (non-hydrogen) atoms. The van der Waals surface area contributed by atoms with Gasteiger partial charge in [-0.05, 0) is 39.7 Å². The van der Waals surface area contributed by atoms with Crippen LogP contribution >= 0.6 is 27.7 Å². The summed E-state index contributed by atoms with van der Waals surface area (Å²) in [6.07, 6.45) is -4.46. The summed E-state index contributed by atoms with van der Waals surface area (Å²) >= 11 is 4.51. The van der Waals surface area contributed by atoms with Crippen LogP contribution in [0, 0.1) is 0 Å². The van der Waals surface area contributed by atoms with E-state index < -0.39 is 11.9 Å². The Morgan fingerprint density at radius 2 is 1.85 bits per heavy atom. The number of hydrogen-bond acceptors (Lipinski definition) is 3. The molecule has 2 nitrogen and oxygen atoms in total. The Kier molecular flexibility index (Phi) is 4.72. The third-order valence-electron chi connectivity index (χ3n) is 2.49. The van der Waals surface area contributed by atoms with Crippen molar-refractivity contribution in [3.63, 3.8) is 0 Å². The molecule has 1 aromatic heterocycles. The molecule has 106 valence electrons. The molecule has 1 aromatic carbocycles. The highest BCUT2D eigenvalue weighted by molar-refractivity contribution is 9.10. The lowest BCUT2D eigenvalue weighted by Gasteiger charge is -2.11. The maximum Gasteiger partial charge on any atom is 0.433 e. The van der Waals surface area contributed by atoms with Crippen molar-refractivity contribution in [2.45, 2.75) is 22.6 Å². The number of rotatable bonds is 3. The van der Waals surface area contributed by atoms with E-state index in [-0.39, 0.29) is 11.6 Å². The number of alkyl halides is 3. The van der Waals surface area contributed by atoms with Crippen molar-refractivity contribution in [1.82, 2.24) is 4.98 Å². The highest BCUT2D eigenvalue weighted by Crippen LogP contribution is 2.36. The first-order valence-corrected chi connectivity index (χ1v) is 7.22. The summed E-state index contributed by atoms with van der Waals surface area (Å²) in [4.78, 5) is 4.47. The van der Waals surface area contributed by atoms with Gasteiger partial charge in [-0.1, -0.05) is 30.0 Å². The second kappa shape index (κ2) is 6.15. The predicted molar refractivity (Wildman–Crippen MR) is 75.4 cm³/mol. The van der Waals surface area contributed by atoms with Crippen LogP contribution in [0.4, 0.5) is 13.2 Å². The topological polar surface area (TPSA) is 38.9 Å². The maximum absolute atomic E-state index is 12.7. The van der Waals surface area contributed by atoms with Gasteiger partial charge < -0.3 is 5.73 Å². The van der Waals surface area contributed by atoms with Gasteiger partial charge in [0.2, 0.25) is 0 Å². The first kappa shape index (κ1) is 15.3. The van der Waals surface area contributed by atoms with Crippen molar-refractivity contribution in [2.24, 2.45) is 5.73 Å². The lowest BCUT2D eigenvalue weighted by Crippen LogP contribution is -2.10. The Hall–Kier alpha value is -1.05. The molecule has 1 heterocycles. The third-order valence-corrected chi connectivity index (χ3v) is 4.57. The Labute approximate surface area is 126 Å². The van der Waals surface area contributed by atoms with Crippen molar-refractivity contribution in [3.8, 4) is 0 Å². The molecule has 0 aliphatic carbocycles. The fraction of sp³-hybridized carbons (Fsp3) is 0.154. The fourth-order valence-electron chi connectivity index (χ4n) is 1.50. The smallest absolute Gasteiger partial charge is 0.326 e. The van der Waals surface area contributed by atoms with Crippen molar-refractivity contribution in [3.05, 3.63) is 52.1 Å². The molecule has 0 saturated carbocycles. The van der Waals surface area contributed by atoms with Crippen molar-refractivity contribution in [1.29, 1.82) is 0 Å². The van der Waals surface area contributed by atoms with E-state index in [1.54, 1.807) is 6.07 Å². The summed E-state index contributed by atoms with van der Waals surface area (Å²) < 4.78 is 38.9. The molecule has 0 fully saturated rings. The van der Waals surface area contributed by atoms with Gasteiger partial charge >= 0.3 is 6.18 Å². The number of halogens is 4. The number of hydrogen-bond donors (Lipinski definition) is 1. The molecule has 0 unspecified atom stereocenters. The number of nitrogens with two attached hydrogens (primary N) is 1. The molecule has 0 aliphatic rings. The number of benzene rings is 1. The van der Waals surface area contributed by atoms with E-state index in [0.29, 0.717) is 5.56 Å². The SMILES string of the molecule is NCc1ccc(C(F)(F)F)nc1Sc1ccccc1Br. The number of nitrogens with zero attached hydrogens (tertiary/aromatic N) is 1. The first-order valence-electron chi connectivity index (χ1n) is 5.61. The number of pyridine rings is 1. The Balaban J connectivity index is 2.42. The molecule has 2 rings (SSSR count). The summed E-state index contributed by atoms with van der Waals surface area (Å²) in [6.45, 7) is 0.137. The number of aromatic nitrogens is 1. The first-order chi connectivity index (χ1) is 9.41. The van der Waals surface area contributed by atoms with Crippen molar-refractivity contribution >= 4 is 27.7 Å². The van der Waals surface area contributed by atoms with Crippen LogP contribution in [0.15, 0.2) is 50.8 Å². The van der Waals surface area contributed by atoms with Gasteiger partial charge in [-0.2, -0.15) is 13.2 Å². The zero-order valence-electron chi connectivity index (χ0n) is 10.1. The minimum atomic E-state index is -4.46. The minimum Gasteiger partial charge on any atom is -0.326 e. The fourth-order valence-corrected chi connectivity index (χ4v) is 2.98. The van der Waals surface area contributed by atoms with Crippen LogP contribution in [0.3, 0.4) is 0 Å². The van der Waals surface area contributed by atoms with E-state index in [1.165, 1.54) is 6.07 Å². The van der Waals surface area contributed by atoms with E-state index in [0.717, 1.165) is 27.2 Å². The highest BCUT2D eigenvalue weighted by atomic mass is 79.9. The average Bonchev–Trinajstić information content (AvgIpc) is 2.40. The Bertz CT molecular complexity index is 617. The second-order valence-corrected chi connectivity index (χ2v) is 5.78. The molecule has 0 aliphatic heterocycles. The molecule has 2 N–H and O–H groups in total. The quantitative estimate of drug-likeness (QED) is 0.875. The van der Waals surface area contributed by atoms with E-state index in [4.69, 9.17) is 5.73 Å².